The Labute approximate surface area is 185 Å². The van der Waals surface area contributed by atoms with E-state index in [9.17, 15) is 14.4 Å². The second-order valence-corrected chi connectivity index (χ2v) is 8.47. The lowest BCUT2D eigenvalue weighted by Crippen LogP contribution is -2.42. The normalized spacial score (nSPS) is 33.5. The van der Waals surface area contributed by atoms with E-state index >= 15 is 0 Å². The highest BCUT2D eigenvalue weighted by Gasteiger charge is 2.35. The minimum Gasteiger partial charge on any atom is -0.463 e. The maximum absolute atomic E-state index is 12.7. The van der Waals surface area contributed by atoms with Crippen molar-refractivity contribution in [3.8, 4) is 0 Å². The molecule has 2 rings (SSSR count). The minimum absolute atomic E-state index is 0.0329. The van der Waals surface area contributed by atoms with Crippen LogP contribution in [-0.4, -0.2) is 75.0 Å². The molecule has 2 aliphatic heterocycles. The average molecular weight is 440 g/mol. The lowest BCUT2D eigenvalue weighted by molar-refractivity contribution is -0.157. The van der Waals surface area contributed by atoms with E-state index in [0.29, 0.717) is 25.8 Å². The first kappa shape index (κ1) is 25.3. The number of rotatable bonds is 2. The fourth-order valence-corrected chi connectivity index (χ4v) is 4.10. The molecule has 0 spiro atoms. The van der Waals surface area contributed by atoms with Crippen LogP contribution in [0.25, 0.3) is 0 Å². The van der Waals surface area contributed by atoms with Crippen molar-refractivity contribution in [2.75, 3.05) is 34.0 Å². The van der Waals surface area contributed by atoms with Crippen molar-refractivity contribution in [1.29, 1.82) is 0 Å². The molecule has 0 bridgehead atoms. The van der Waals surface area contributed by atoms with Crippen LogP contribution in [-0.2, 0) is 33.3 Å². The van der Waals surface area contributed by atoms with Gasteiger partial charge in [-0.05, 0) is 31.6 Å². The van der Waals surface area contributed by atoms with Gasteiger partial charge in [-0.3, -0.25) is 9.59 Å². The summed E-state index contributed by atoms with van der Waals surface area (Å²) in [5, 5.41) is 0. The van der Waals surface area contributed by atoms with E-state index in [4.69, 9.17) is 18.9 Å². The van der Waals surface area contributed by atoms with Gasteiger partial charge in [-0.1, -0.05) is 26.0 Å². The Morgan fingerprint density at radius 1 is 0.968 bits per heavy atom. The molecule has 2 aliphatic rings. The van der Waals surface area contributed by atoms with Crippen molar-refractivity contribution in [1.82, 2.24) is 4.90 Å². The first-order chi connectivity index (χ1) is 14.9. The fourth-order valence-electron chi connectivity index (χ4n) is 4.10. The first-order valence-corrected chi connectivity index (χ1v) is 11.2. The molecule has 0 radical (unpaired) electrons. The van der Waals surface area contributed by atoms with Crippen LogP contribution in [0.3, 0.4) is 0 Å². The van der Waals surface area contributed by atoms with Crippen LogP contribution in [0.1, 0.15) is 52.4 Å². The minimum atomic E-state index is -0.536. The Morgan fingerprint density at radius 3 is 2.39 bits per heavy atom. The smallest absolute Gasteiger partial charge is 0.328 e. The number of hydrogen-bond donors (Lipinski definition) is 0. The second kappa shape index (κ2) is 12.8. The molecule has 176 valence electrons. The molecule has 0 aromatic carbocycles. The Morgan fingerprint density at radius 2 is 1.68 bits per heavy atom. The third-order valence-electron chi connectivity index (χ3n) is 6.24. The summed E-state index contributed by atoms with van der Waals surface area (Å²) in [6.45, 7) is 4.82. The zero-order chi connectivity index (χ0) is 22.8. The highest BCUT2D eigenvalue weighted by atomic mass is 16.6. The van der Waals surface area contributed by atoms with Gasteiger partial charge < -0.3 is 23.8 Å². The van der Waals surface area contributed by atoms with E-state index in [-0.39, 0.29) is 61.5 Å². The van der Waals surface area contributed by atoms with Crippen LogP contribution in [0.5, 0.6) is 0 Å². The van der Waals surface area contributed by atoms with E-state index in [0.717, 1.165) is 12.8 Å². The summed E-state index contributed by atoms with van der Waals surface area (Å²) in [4.78, 5) is 39.1. The average Bonchev–Trinajstić information content (AvgIpc) is 3.24. The molecule has 5 atom stereocenters. The molecule has 1 fully saturated rings. The number of cyclic esters (lactones) is 2. The molecule has 1 saturated heterocycles. The predicted molar refractivity (Wildman–Crippen MR) is 114 cm³/mol. The van der Waals surface area contributed by atoms with Crippen molar-refractivity contribution in [3.63, 3.8) is 0 Å². The van der Waals surface area contributed by atoms with Gasteiger partial charge in [0.15, 0.2) is 0 Å². The number of nitrogens with zero attached hydrogens (tertiary/aromatic N) is 1. The van der Waals surface area contributed by atoms with Gasteiger partial charge in [0, 0.05) is 39.5 Å². The van der Waals surface area contributed by atoms with Crippen LogP contribution in [0, 0.1) is 11.8 Å². The number of esters is 2. The lowest BCUT2D eigenvalue weighted by atomic mass is 9.98. The van der Waals surface area contributed by atoms with Crippen molar-refractivity contribution in [2.45, 2.75) is 70.6 Å². The summed E-state index contributed by atoms with van der Waals surface area (Å²) in [6.07, 6.45) is 6.43. The summed E-state index contributed by atoms with van der Waals surface area (Å²) in [7, 11) is 3.17. The number of carbonyl (C=O) groups is 3. The Balaban J connectivity index is 2.12. The number of carbonyl (C=O) groups excluding carboxylic acids is 3. The van der Waals surface area contributed by atoms with Crippen LogP contribution < -0.4 is 0 Å². The predicted octanol–water partition coefficient (Wildman–Crippen LogP) is 2.50. The highest BCUT2D eigenvalue weighted by molar-refractivity contribution is 5.85. The van der Waals surface area contributed by atoms with E-state index in [1.807, 2.05) is 19.9 Å². The standard InChI is InChI=1S/C23H37NO7/c1-16-8-5-11-21(25)24-13-7-10-18(24)23(27)31-15-20(29-4)17(2)9-6-12-22(26)30-14-19(16)28-3/h5,8,16-20H,6-7,9-15H2,1-4H3/b8-5+/t16-,17-,18+,19-,20-/m1/s1. The zero-order valence-electron chi connectivity index (χ0n) is 19.2. The molecule has 0 aromatic heterocycles. The molecule has 2 heterocycles. The summed E-state index contributed by atoms with van der Waals surface area (Å²) >= 11 is 0. The van der Waals surface area contributed by atoms with Gasteiger partial charge in [-0.2, -0.15) is 0 Å². The zero-order valence-corrected chi connectivity index (χ0v) is 19.2. The molecular formula is C23H37NO7. The summed E-state index contributed by atoms with van der Waals surface area (Å²) in [5.74, 6) is -0.671. The third kappa shape index (κ3) is 7.61. The maximum Gasteiger partial charge on any atom is 0.328 e. The fraction of sp³-hybridized carbons (Fsp3) is 0.783. The number of hydrogen-bond acceptors (Lipinski definition) is 7. The molecule has 0 N–H and O–H groups in total. The van der Waals surface area contributed by atoms with Crippen molar-refractivity contribution in [2.24, 2.45) is 11.8 Å². The summed E-state index contributed by atoms with van der Waals surface area (Å²) < 4.78 is 21.9. The van der Waals surface area contributed by atoms with Gasteiger partial charge in [-0.15, -0.1) is 0 Å². The van der Waals surface area contributed by atoms with E-state index in [1.165, 1.54) is 0 Å². The molecule has 0 aromatic rings. The summed E-state index contributed by atoms with van der Waals surface area (Å²) in [6, 6.07) is -0.536. The van der Waals surface area contributed by atoms with E-state index < -0.39 is 6.04 Å². The SMILES string of the molecule is CO[C@@H]1COC(=O)CCC[C@@H](C)[C@H](OC)COC(=O)[C@@H]2CCCN2C(=O)C/C=C/[C@H]1C. The number of ether oxygens (including phenoxy) is 4. The van der Waals surface area contributed by atoms with Gasteiger partial charge in [0.25, 0.3) is 0 Å². The van der Waals surface area contributed by atoms with E-state index in [1.54, 1.807) is 25.2 Å². The highest BCUT2D eigenvalue weighted by Crippen LogP contribution is 2.22. The van der Waals surface area contributed by atoms with Crippen molar-refractivity contribution >= 4 is 17.8 Å². The Kier molecular flexibility index (Phi) is 10.5. The van der Waals surface area contributed by atoms with Crippen LogP contribution in [0.2, 0.25) is 0 Å². The maximum atomic E-state index is 12.7. The topological polar surface area (TPSA) is 91.4 Å². The Bertz CT molecular complexity index is 635. The lowest BCUT2D eigenvalue weighted by Gasteiger charge is -2.26. The third-order valence-corrected chi connectivity index (χ3v) is 6.24. The van der Waals surface area contributed by atoms with Crippen molar-refractivity contribution in [3.05, 3.63) is 12.2 Å². The number of fused-ring (bicyclic) bond motifs is 1. The molecule has 8 nitrogen and oxygen atoms in total. The summed E-state index contributed by atoms with van der Waals surface area (Å²) in [5.41, 5.74) is 0. The largest absolute Gasteiger partial charge is 0.463 e. The first-order valence-electron chi connectivity index (χ1n) is 11.2. The van der Waals surface area contributed by atoms with E-state index in [2.05, 4.69) is 0 Å². The van der Waals surface area contributed by atoms with Gasteiger partial charge >= 0.3 is 11.9 Å². The molecule has 0 aliphatic carbocycles. The van der Waals surface area contributed by atoms with Gasteiger partial charge in [-0.25, -0.2) is 4.79 Å². The van der Waals surface area contributed by atoms with Crippen LogP contribution in [0.15, 0.2) is 12.2 Å². The van der Waals surface area contributed by atoms with Crippen LogP contribution >= 0.6 is 0 Å². The van der Waals surface area contributed by atoms with Gasteiger partial charge in [0.2, 0.25) is 5.91 Å². The molecular weight excluding hydrogens is 402 g/mol. The monoisotopic (exact) mass is 439 g/mol. The molecule has 31 heavy (non-hydrogen) atoms. The molecule has 1 amide bonds. The number of amides is 1. The molecule has 0 unspecified atom stereocenters. The second-order valence-electron chi connectivity index (χ2n) is 8.47. The molecule has 8 heteroatoms. The number of methoxy groups -OCH3 is 2. The van der Waals surface area contributed by atoms with Crippen LogP contribution in [0.4, 0.5) is 0 Å². The quantitative estimate of drug-likeness (QED) is 0.482. The molecule has 0 saturated carbocycles. The van der Waals surface area contributed by atoms with Crippen molar-refractivity contribution < 1.29 is 33.3 Å². The van der Waals surface area contributed by atoms with Gasteiger partial charge in [0.1, 0.15) is 19.3 Å². The van der Waals surface area contributed by atoms with Gasteiger partial charge in [0.05, 0.1) is 12.2 Å². The Hall–Kier alpha value is -1.93.